The molecule has 0 aliphatic carbocycles. The standard InChI is InChI=1S/C7H5F3N4S/c1-15-5-3-4(11-2-12-5)14-6(13-3)7(8,9)10/h2H,1H3,(H,11,12,13,14). The number of nitrogens with zero attached hydrogens (tertiary/aromatic N) is 3. The molecule has 0 radical (unpaired) electrons. The van der Waals surface area contributed by atoms with Gasteiger partial charge in [0.2, 0.25) is 5.82 Å². The number of aromatic amines is 1. The molecule has 8 heteroatoms. The Hall–Kier alpha value is -1.31. The summed E-state index contributed by atoms with van der Waals surface area (Å²) in [5.41, 5.74) is 0.249. The number of nitrogens with one attached hydrogen (secondary N) is 1. The maximum Gasteiger partial charge on any atom is 0.449 e. The predicted molar refractivity (Wildman–Crippen MR) is 48.5 cm³/mol. The molecule has 2 rings (SSSR count). The summed E-state index contributed by atoms with van der Waals surface area (Å²) in [4.78, 5) is 13.0. The summed E-state index contributed by atoms with van der Waals surface area (Å²) in [6.07, 6.45) is -1.58. The summed E-state index contributed by atoms with van der Waals surface area (Å²) in [6.45, 7) is 0. The Bertz CT molecular complexity index is 492. The van der Waals surface area contributed by atoms with Crippen molar-refractivity contribution < 1.29 is 13.2 Å². The smallest absolute Gasteiger partial charge is 0.331 e. The van der Waals surface area contributed by atoms with Gasteiger partial charge in [0.15, 0.2) is 5.65 Å². The largest absolute Gasteiger partial charge is 0.449 e. The summed E-state index contributed by atoms with van der Waals surface area (Å²) >= 11 is 1.23. The highest BCUT2D eigenvalue weighted by Gasteiger charge is 2.35. The van der Waals surface area contributed by atoms with Crippen molar-refractivity contribution in [2.75, 3.05) is 6.26 Å². The average Bonchev–Trinajstić information content (AvgIpc) is 2.59. The van der Waals surface area contributed by atoms with Crippen molar-refractivity contribution in [1.29, 1.82) is 0 Å². The zero-order valence-corrected chi connectivity index (χ0v) is 8.28. The van der Waals surface area contributed by atoms with E-state index in [1.54, 1.807) is 6.26 Å². The van der Waals surface area contributed by atoms with Gasteiger partial charge in [-0.1, -0.05) is 0 Å². The molecule has 0 fully saturated rings. The van der Waals surface area contributed by atoms with E-state index >= 15 is 0 Å². The fraction of sp³-hybridized carbons (Fsp3) is 0.286. The van der Waals surface area contributed by atoms with Crippen LogP contribution in [0.4, 0.5) is 13.2 Å². The molecule has 15 heavy (non-hydrogen) atoms. The van der Waals surface area contributed by atoms with E-state index in [2.05, 4.69) is 19.9 Å². The summed E-state index contributed by atoms with van der Waals surface area (Å²) in [5.74, 6) is -1.05. The lowest BCUT2D eigenvalue weighted by molar-refractivity contribution is -0.144. The lowest BCUT2D eigenvalue weighted by Crippen LogP contribution is -2.06. The van der Waals surface area contributed by atoms with Gasteiger partial charge < -0.3 is 4.98 Å². The molecule has 0 aliphatic heterocycles. The maximum atomic E-state index is 12.3. The SMILES string of the molecule is CSc1ncnc2nc(C(F)(F)F)[nH]c12. The Morgan fingerprint density at radius 3 is 2.67 bits per heavy atom. The zero-order chi connectivity index (χ0) is 11.1. The molecule has 0 aromatic carbocycles. The number of H-pyrrole nitrogens is 1. The van der Waals surface area contributed by atoms with Crippen LogP contribution in [0.5, 0.6) is 0 Å². The molecule has 2 aromatic rings. The van der Waals surface area contributed by atoms with E-state index in [1.807, 2.05) is 0 Å². The van der Waals surface area contributed by atoms with Crippen LogP contribution in [0, 0.1) is 0 Å². The number of imidazole rings is 1. The number of thioether (sulfide) groups is 1. The van der Waals surface area contributed by atoms with Crippen LogP contribution in [0.3, 0.4) is 0 Å². The van der Waals surface area contributed by atoms with Crippen LogP contribution in [-0.2, 0) is 6.18 Å². The number of hydrogen-bond acceptors (Lipinski definition) is 4. The van der Waals surface area contributed by atoms with Crippen molar-refractivity contribution in [1.82, 2.24) is 19.9 Å². The van der Waals surface area contributed by atoms with Crippen LogP contribution in [-0.4, -0.2) is 26.2 Å². The topological polar surface area (TPSA) is 54.5 Å². The third kappa shape index (κ3) is 1.76. The van der Waals surface area contributed by atoms with Gasteiger partial charge in [-0.3, -0.25) is 0 Å². The third-order valence-electron chi connectivity index (χ3n) is 1.72. The minimum atomic E-state index is -4.49. The molecule has 2 heterocycles. The number of fused-ring (bicyclic) bond motifs is 1. The molecular weight excluding hydrogens is 229 g/mol. The van der Waals surface area contributed by atoms with Gasteiger partial charge in [0.1, 0.15) is 16.9 Å². The first-order chi connectivity index (χ1) is 7.02. The third-order valence-corrected chi connectivity index (χ3v) is 2.41. The van der Waals surface area contributed by atoms with Crippen molar-refractivity contribution in [2.24, 2.45) is 0 Å². The number of halogens is 3. The molecule has 80 valence electrons. The Labute approximate surface area is 86.3 Å². The van der Waals surface area contributed by atoms with E-state index in [1.165, 1.54) is 18.1 Å². The fourth-order valence-corrected chi connectivity index (χ4v) is 1.60. The summed E-state index contributed by atoms with van der Waals surface area (Å²) < 4.78 is 36.9. The van der Waals surface area contributed by atoms with Crippen molar-refractivity contribution in [3.05, 3.63) is 12.2 Å². The van der Waals surface area contributed by atoms with Crippen LogP contribution in [0.15, 0.2) is 11.4 Å². The highest BCUT2D eigenvalue weighted by atomic mass is 32.2. The molecule has 0 bridgehead atoms. The van der Waals surface area contributed by atoms with E-state index in [0.29, 0.717) is 5.03 Å². The van der Waals surface area contributed by atoms with Gasteiger partial charge in [0.25, 0.3) is 0 Å². The van der Waals surface area contributed by atoms with Crippen LogP contribution in [0.25, 0.3) is 11.2 Å². The highest BCUT2D eigenvalue weighted by molar-refractivity contribution is 7.98. The summed E-state index contributed by atoms with van der Waals surface area (Å²) in [6, 6.07) is 0. The molecule has 0 spiro atoms. The molecule has 0 unspecified atom stereocenters. The first-order valence-electron chi connectivity index (χ1n) is 3.84. The monoisotopic (exact) mass is 234 g/mol. The van der Waals surface area contributed by atoms with E-state index in [9.17, 15) is 13.2 Å². The number of hydrogen-bond donors (Lipinski definition) is 1. The molecule has 2 aromatic heterocycles. The molecule has 0 amide bonds. The number of aromatic nitrogens is 4. The van der Waals surface area contributed by atoms with E-state index in [4.69, 9.17) is 0 Å². The van der Waals surface area contributed by atoms with Gasteiger partial charge in [-0.2, -0.15) is 13.2 Å². The van der Waals surface area contributed by atoms with Gasteiger partial charge in [-0.05, 0) is 6.26 Å². The second kappa shape index (κ2) is 3.37. The highest BCUT2D eigenvalue weighted by Crippen LogP contribution is 2.29. The fourth-order valence-electron chi connectivity index (χ4n) is 1.10. The quantitative estimate of drug-likeness (QED) is 0.606. The Morgan fingerprint density at radius 2 is 2.07 bits per heavy atom. The molecule has 1 N–H and O–H groups in total. The lowest BCUT2D eigenvalue weighted by Gasteiger charge is -1.99. The van der Waals surface area contributed by atoms with Crippen LogP contribution >= 0.6 is 11.8 Å². The lowest BCUT2D eigenvalue weighted by atomic mass is 10.6. The molecule has 0 saturated carbocycles. The first-order valence-corrected chi connectivity index (χ1v) is 5.06. The van der Waals surface area contributed by atoms with Crippen molar-refractivity contribution in [2.45, 2.75) is 11.2 Å². The number of alkyl halides is 3. The average molecular weight is 234 g/mol. The molecule has 0 atom stereocenters. The molecule has 4 nitrogen and oxygen atoms in total. The Morgan fingerprint density at radius 1 is 1.33 bits per heavy atom. The second-order valence-corrected chi connectivity index (χ2v) is 3.46. The predicted octanol–water partition coefficient (Wildman–Crippen LogP) is 2.09. The van der Waals surface area contributed by atoms with E-state index < -0.39 is 12.0 Å². The zero-order valence-electron chi connectivity index (χ0n) is 7.46. The second-order valence-electron chi connectivity index (χ2n) is 2.66. The maximum absolute atomic E-state index is 12.3. The van der Waals surface area contributed by atoms with E-state index in [-0.39, 0.29) is 11.2 Å². The normalized spacial score (nSPS) is 12.3. The van der Waals surface area contributed by atoms with Crippen LogP contribution in [0.2, 0.25) is 0 Å². The number of rotatable bonds is 1. The van der Waals surface area contributed by atoms with Crippen molar-refractivity contribution in [3.8, 4) is 0 Å². The van der Waals surface area contributed by atoms with Crippen molar-refractivity contribution in [3.63, 3.8) is 0 Å². The van der Waals surface area contributed by atoms with Crippen molar-refractivity contribution >= 4 is 22.9 Å². The van der Waals surface area contributed by atoms with Gasteiger partial charge in [0, 0.05) is 0 Å². The molecule has 0 aliphatic rings. The van der Waals surface area contributed by atoms with Crippen LogP contribution in [0.1, 0.15) is 5.82 Å². The van der Waals surface area contributed by atoms with Gasteiger partial charge >= 0.3 is 6.18 Å². The molecular formula is C7H5F3N4S. The van der Waals surface area contributed by atoms with Gasteiger partial charge in [-0.15, -0.1) is 11.8 Å². The first kappa shape index (κ1) is 10.2. The molecule has 0 saturated heterocycles. The van der Waals surface area contributed by atoms with Crippen LogP contribution < -0.4 is 0 Å². The minimum absolute atomic E-state index is 0.0293. The summed E-state index contributed by atoms with van der Waals surface area (Å²) in [5, 5.41) is 0.447. The van der Waals surface area contributed by atoms with Gasteiger partial charge in [-0.25, -0.2) is 15.0 Å². The van der Waals surface area contributed by atoms with Gasteiger partial charge in [0.05, 0.1) is 0 Å². The van der Waals surface area contributed by atoms with E-state index in [0.717, 1.165) is 0 Å². The Kier molecular flexibility index (Phi) is 2.29. The Balaban J connectivity index is 2.65. The summed E-state index contributed by atoms with van der Waals surface area (Å²) in [7, 11) is 0. The minimum Gasteiger partial charge on any atom is -0.331 e.